The molecule has 1 aromatic rings. The molecule has 200 valence electrons. The summed E-state index contributed by atoms with van der Waals surface area (Å²) < 4.78 is 5.57. The molecular formula is C28H38N4O5. The zero-order valence-electron chi connectivity index (χ0n) is 21.9. The second kappa shape index (κ2) is 9.44. The molecular weight excluding hydrogens is 472 g/mol. The zero-order valence-corrected chi connectivity index (χ0v) is 21.9. The molecule has 37 heavy (non-hydrogen) atoms. The van der Waals surface area contributed by atoms with E-state index in [1.165, 1.54) is 12.8 Å². The second-order valence-electron chi connectivity index (χ2n) is 11.4. The zero-order chi connectivity index (χ0) is 26.5. The average Bonchev–Trinajstić information content (AvgIpc) is 3.68. The van der Waals surface area contributed by atoms with Crippen LogP contribution in [0.25, 0.3) is 0 Å². The monoisotopic (exact) mass is 510 g/mol. The number of methoxy groups -OCH3 is 1. The van der Waals surface area contributed by atoms with E-state index in [4.69, 9.17) is 10.5 Å². The molecule has 2 aliphatic carbocycles. The highest BCUT2D eigenvalue weighted by molar-refractivity contribution is 6.02. The number of benzene rings is 1. The van der Waals surface area contributed by atoms with Crippen molar-refractivity contribution < 1.29 is 24.2 Å². The number of allylic oxidation sites excluding steroid dienone is 1. The van der Waals surface area contributed by atoms with Gasteiger partial charge >= 0.3 is 0 Å². The molecule has 4 atom stereocenters. The third-order valence-corrected chi connectivity index (χ3v) is 9.23. The molecule has 0 aromatic heterocycles. The van der Waals surface area contributed by atoms with Crippen LogP contribution < -0.4 is 21.1 Å². The molecule has 9 nitrogen and oxygen atoms in total. The number of aliphatic hydroxyl groups is 1. The maximum absolute atomic E-state index is 13.0. The van der Waals surface area contributed by atoms with Gasteiger partial charge in [0.1, 0.15) is 11.7 Å². The standard InChI is InChI=1S/C28H38N4O5/c1-16-4-7-20(37-3)11-22(16)27-8-9-32(15-18-5-6-18)17(2)28(27,36)12-19-10-21(25(34)30-14-24(29)33)26(35)31-23(19)13-27/h4,7,11,17-18,21,36H,5-6,8-10,12-15H2,1-3H3,(H2,29,33)(H,30,34)(H,31,35). The van der Waals surface area contributed by atoms with E-state index in [2.05, 4.69) is 29.4 Å². The van der Waals surface area contributed by atoms with E-state index in [-0.39, 0.29) is 24.9 Å². The van der Waals surface area contributed by atoms with E-state index in [1.54, 1.807) is 7.11 Å². The molecule has 0 spiro atoms. The second-order valence-corrected chi connectivity index (χ2v) is 11.4. The molecule has 5 N–H and O–H groups in total. The number of piperidine rings is 1. The van der Waals surface area contributed by atoms with Crippen LogP contribution in [0.2, 0.25) is 0 Å². The number of amides is 3. The number of rotatable bonds is 7. The first-order chi connectivity index (χ1) is 17.6. The molecule has 2 aliphatic heterocycles. The highest BCUT2D eigenvalue weighted by atomic mass is 16.5. The minimum Gasteiger partial charge on any atom is -0.497 e. The van der Waals surface area contributed by atoms with Gasteiger partial charge in [0, 0.05) is 36.5 Å². The maximum Gasteiger partial charge on any atom is 0.237 e. The van der Waals surface area contributed by atoms with Crippen LogP contribution in [0.4, 0.5) is 0 Å². The van der Waals surface area contributed by atoms with Crippen molar-refractivity contribution in [3.05, 3.63) is 40.6 Å². The highest BCUT2D eigenvalue weighted by Gasteiger charge is 2.62. The topological polar surface area (TPSA) is 134 Å². The number of aryl methyl sites for hydroxylation is 1. The molecule has 3 amide bonds. The SMILES string of the molecule is COc1ccc(C)c(C23CCN(CC4CC4)C(C)C2(O)CC2=C(C3)NC(=O)C(C(=O)NCC(N)=O)C2)c1. The molecule has 2 fully saturated rings. The normalized spacial score (nSPS) is 31.7. The number of hydrogen-bond donors (Lipinski definition) is 4. The summed E-state index contributed by atoms with van der Waals surface area (Å²) in [5.41, 5.74) is 7.28. The molecule has 4 unspecified atom stereocenters. The number of fused-ring (bicyclic) bond motifs is 1. The third-order valence-electron chi connectivity index (χ3n) is 9.23. The van der Waals surface area contributed by atoms with Crippen LogP contribution in [0.1, 0.15) is 56.6 Å². The van der Waals surface area contributed by atoms with E-state index < -0.39 is 28.7 Å². The Kier molecular flexibility index (Phi) is 6.56. The fourth-order valence-corrected chi connectivity index (χ4v) is 6.86. The summed E-state index contributed by atoms with van der Waals surface area (Å²) >= 11 is 0. The van der Waals surface area contributed by atoms with Gasteiger partial charge in [-0.05, 0) is 80.8 Å². The molecule has 0 radical (unpaired) electrons. The first kappa shape index (κ1) is 25.7. The summed E-state index contributed by atoms with van der Waals surface area (Å²) in [5.74, 6) is -1.10. The van der Waals surface area contributed by atoms with Crippen LogP contribution in [-0.4, -0.2) is 66.1 Å². The molecule has 4 aliphatic rings. The summed E-state index contributed by atoms with van der Waals surface area (Å²) in [7, 11) is 1.64. The quantitative estimate of drug-likeness (QED) is 0.408. The first-order valence-electron chi connectivity index (χ1n) is 13.3. The lowest BCUT2D eigenvalue weighted by molar-refractivity contribution is -0.146. The predicted octanol–water partition coefficient (Wildman–Crippen LogP) is 1.26. The fraction of sp³-hybridized carbons (Fsp3) is 0.607. The van der Waals surface area contributed by atoms with Crippen LogP contribution in [0, 0.1) is 18.8 Å². The number of nitrogens with one attached hydrogen (secondary N) is 2. The molecule has 9 heteroatoms. The minimum atomic E-state index is -1.10. The van der Waals surface area contributed by atoms with Crippen LogP contribution in [-0.2, 0) is 19.8 Å². The fourth-order valence-electron chi connectivity index (χ4n) is 6.86. The van der Waals surface area contributed by atoms with Gasteiger partial charge in [-0.25, -0.2) is 0 Å². The van der Waals surface area contributed by atoms with Crippen molar-refractivity contribution in [1.29, 1.82) is 0 Å². The smallest absolute Gasteiger partial charge is 0.237 e. The van der Waals surface area contributed by atoms with E-state index in [9.17, 15) is 19.5 Å². The Morgan fingerprint density at radius 2 is 2.05 bits per heavy atom. The van der Waals surface area contributed by atoms with Gasteiger partial charge < -0.3 is 26.2 Å². The molecule has 1 aromatic carbocycles. The van der Waals surface area contributed by atoms with Crippen LogP contribution in [0.15, 0.2) is 29.5 Å². The van der Waals surface area contributed by atoms with E-state index >= 15 is 0 Å². The number of nitrogens with zero attached hydrogens (tertiary/aromatic N) is 1. The van der Waals surface area contributed by atoms with Gasteiger partial charge in [-0.15, -0.1) is 0 Å². The van der Waals surface area contributed by atoms with Crippen molar-refractivity contribution >= 4 is 17.7 Å². The minimum absolute atomic E-state index is 0.110. The van der Waals surface area contributed by atoms with Crippen molar-refractivity contribution in [3.63, 3.8) is 0 Å². The lowest BCUT2D eigenvalue weighted by atomic mass is 9.52. The lowest BCUT2D eigenvalue weighted by Gasteiger charge is -2.61. The highest BCUT2D eigenvalue weighted by Crippen LogP contribution is 2.57. The van der Waals surface area contributed by atoms with Gasteiger partial charge in [-0.3, -0.25) is 19.3 Å². The van der Waals surface area contributed by atoms with Gasteiger partial charge in [0.15, 0.2) is 0 Å². The van der Waals surface area contributed by atoms with Crippen LogP contribution in [0.5, 0.6) is 5.75 Å². The van der Waals surface area contributed by atoms with Crippen LogP contribution in [0.3, 0.4) is 0 Å². The van der Waals surface area contributed by atoms with Crippen molar-refractivity contribution in [2.75, 3.05) is 26.7 Å². The first-order valence-corrected chi connectivity index (χ1v) is 13.3. The van der Waals surface area contributed by atoms with Crippen molar-refractivity contribution in [3.8, 4) is 5.75 Å². The molecule has 5 rings (SSSR count). The third kappa shape index (κ3) is 4.42. The molecule has 1 saturated heterocycles. The number of ether oxygens (including phenoxy) is 1. The molecule has 0 bridgehead atoms. The predicted molar refractivity (Wildman–Crippen MR) is 137 cm³/mol. The number of carbonyl (C=O) groups excluding carboxylic acids is 3. The summed E-state index contributed by atoms with van der Waals surface area (Å²) in [6, 6.07) is 5.90. The Morgan fingerprint density at radius 1 is 1.30 bits per heavy atom. The largest absolute Gasteiger partial charge is 0.497 e. The summed E-state index contributed by atoms with van der Waals surface area (Å²) in [6.45, 7) is 5.72. The number of carbonyl (C=O) groups is 3. The maximum atomic E-state index is 13.0. The van der Waals surface area contributed by atoms with Gasteiger partial charge in [0.05, 0.1) is 19.3 Å². The van der Waals surface area contributed by atoms with Crippen molar-refractivity contribution in [2.24, 2.45) is 17.6 Å². The number of likely N-dealkylation sites (tertiary alicyclic amines) is 1. The van der Waals surface area contributed by atoms with Gasteiger partial charge in [-0.1, -0.05) is 6.07 Å². The van der Waals surface area contributed by atoms with Gasteiger partial charge in [-0.2, -0.15) is 0 Å². The van der Waals surface area contributed by atoms with E-state index in [0.29, 0.717) is 18.8 Å². The Morgan fingerprint density at radius 3 is 2.73 bits per heavy atom. The van der Waals surface area contributed by atoms with Gasteiger partial charge in [0.25, 0.3) is 0 Å². The summed E-state index contributed by atoms with van der Waals surface area (Å²) in [6.07, 6.45) is 4.30. The van der Waals surface area contributed by atoms with Crippen molar-refractivity contribution in [2.45, 2.75) is 69.4 Å². The van der Waals surface area contributed by atoms with E-state index in [0.717, 1.165) is 47.7 Å². The Labute approximate surface area is 217 Å². The Bertz CT molecular complexity index is 1160. The number of hydrogen-bond acceptors (Lipinski definition) is 6. The lowest BCUT2D eigenvalue weighted by Crippen LogP contribution is -2.70. The van der Waals surface area contributed by atoms with Crippen molar-refractivity contribution in [1.82, 2.24) is 15.5 Å². The Hall–Kier alpha value is -2.91. The Balaban J connectivity index is 1.54. The van der Waals surface area contributed by atoms with Crippen LogP contribution >= 0.6 is 0 Å². The average molecular weight is 511 g/mol. The van der Waals surface area contributed by atoms with Gasteiger partial charge in [0.2, 0.25) is 17.7 Å². The van der Waals surface area contributed by atoms with E-state index in [1.807, 2.05) is 18.2 Å². The molecule has 1 saturated carbocycles. The summed E-state index contributed by atoms with van der Waals surface area (Å²) in [4.78, 5) is 39.3. The number of nitrogens with two attached hydrogens (primary N) is 1. The summed E-state index contributed by atoms with van der Waals surface area (Å²) in [5, 5.41) is 18.2. The number of primary amides is 1. The molecule has 2 heterocycles.